The minimum absolute atomic E-state index is 0.148. The smallest absolute Gasteiger partial charge is 0.408 e. The van der Waals surface area contributed by atoms with Crippen molar-refractivity contribution < 1.29 is 24.3 Å². The van der Waals surface area contributed by atoms with Crippen LogP contribution in [0.3, 0.4) is 0 Å². The molecule has 1 heterocycles. The maximum atomic E-state index is 12.9. The Morgan fingerprint density at radius 3 is 2.32 bits per heavy atom. The van der Waals surface area contributed by atoms with Crippen LogP contribution in [0.25, 0.3) is 0 Å². The van der Waals surface area contributed by atoms with Gasteiger partial charge in [-0.05, 0) is 63.4 Å². The molecular formula is C23H29N3O5. The summed E-state index contributed by atoms with van der Waals surface area (Å²) in [5.74, 6) is -0.750. The first-order valence-electron chi connectivity index (χ1n) is 10.0. The molecule has 2 aromatic rings. The highest BCUT2D eigenvalue weighted by Gasteiger charge is 2.25. The number of pyridine rings is 1. The van der Waals surface area contributed by atoms with E-state index in [9.17, 15) is 14.4 Å². The second-order valence-corrected chi connectivity index (χ2v) is 8.33. The van der Waals surface area contributed by atoms with Gasteiger partial charge in [-0.2, -0.15) is 0 Å². The molecule has 1 atom stereocenters. The Labute approximate surface area is 182 Å². The molecule has 166 valence electrons. The quantitative estimate of drug-likeness (QED) is 0.440. The first-order valence-corrected chi connectivity index (χ1v) is 10.0. The molecule has 0 bridgehead atoms. The van der Waals surface area contributed by atoms with Crippen molar-refractivity contribution in [2.24, 2.45) is 0 Å². The third kappa shape index (κ3) is 8.18. The van der Waals surface area contributed by atoms with E-state index in [4.69, 9.17) is 9.94 Å². The average Bonchev–Trinajstić information content (AvgIpc) is 2.71. The Hall–Kier alpha value is -3.26. The molecule has 0 saturated heterocycles. The van der Waals surface area contributed by atoms with Crippen LogP contribution in [0.2, 0.25) is 0 Å². The number of ether oxygens (including phenoxy) is 1. The number of ketones is 1. The summed E-state index contributed by atoms with van der Waals surface area (Å²) in [4.78, 5) is 40.9. The van der Waals surface area contributed by atoms with Crippen molar-refractivity contribution in [1.82, 2.24) is 15.8 Å². The Balaban J connectivity index is 2.06. The van der Waals surface area contributed by atoms with Crippen LogP contribution in [0.4, 0.5) is 4.79 Å². The molecule has 3 N–H and O–H groups in total. The van der Waals surface area contributed by atoms with Gasteiger partial charge in [-0.1, -0.05) is 18.2 Å². The van der Waals surface area contributed by atoms with E-state index >= 15 is 0 Å². The first-order chi connectivity index (χ1) is 14.6. The molecule has 31 heavy (non-hydrogen) atoms. The Bertz CT molecular complexity index is 902. The standard InChI is InChI=1S/C23H29N3O5/c1-15-5-11-18(24-14-15)13-19(25-22(29)31-23(2,3)4)20(27)12-8-16-6-9-17(10-7-16)21(28)26-30/h5-7,9-11,14,19,30H,8,12-13H2,1-4H3,(H,25,29)(H,26,28). The maximum absolute atomic E-state index is 12.9. The van der Waals surface area contributed by atoms with E-state index in [1.165, 1.54) is 0 Å². The number of Topliss-reactive ketones (excluding diaryl/α,β-unsaturated/α-hetero) is 1. The highest BCUT2D eigenvalue weighted by atomic mass is 16.6. The lowest BCUT2D eigenvalue weighted by Gasteiger charge is -2.23. The molecule has 0 spiro atoms. The van der Waals surface area contributed by atoms with Gasteiger partial charge < -0.3 is 10.1 Å². The molecule has 0 aliphatic carbocycles. The molecule has 2 amide bonds. The minimum Gasteiger partial charge on any atom is -0.444 e. The number of rotatable bonds is 8. The zero-order chi connectivity index (χ0) is 23.0. The monoisotopic (exact) mass is 427 g/mol. The molecule has 0 radical (unpaired) electrons. The van der Waals surface area contributed by atoms with Crippen molar-refractivity contribution in [3.63, 3.8) is 0 Å². The van der Waals surface area contributed by atoms with Crippen LogP contribution in [0.1, 0.15) is 54.4 Å². The Kier molecular flexibility index (Phi) is 8.27. The van der Waals surface area contributed by atoms with Crippen molar-refractivity contribution in [3.05, 3.63) is 65.0 Å². The van der Waals surface area contributed by atoms with E-state index in [0.29, 0.717) is 17.7 Å². The maximum Gasteiger partial charge on any atom is 0.408 e. The molecule has 0 saturated carbocycles. The topological polar surface area (TPSA) is 118 Å². The van der Waals surface area contributed by atoms with E-state index in [1.54, 1.807) is 56.7 Å². The average molecular weight is 428 g/mol. The fourth-order valence-corrected chi connectivity index (χ4v) is 2.85. The molecule has 0 aliphatic heterocycles. The second kappa shape index (κ2) is 10.7. The van der Waals surface area contributed by atoms with Crippen LogP contribution in [0.15, 0.2) is 42.6 Å². The van der Waals surface area contributed by atoms with Crippen molar-refractivity contribution in [1.29, 1.82) is 0 Å². The zero-order valence-corrected chi connectivity index (χ0v) is 18.3. The van der Waals surface area contributed by atoms with Gasteiger partial charge in [-0.15, -0.1) is 0 Å². The number of hydrogen-bond acceptors (Lipinski definition) is 6. The van der Waals surface area contributed by atoms with Gasteiger partial charge in [0.05, 0.1) is 6.04 Å². The van der Waals surface area contributed by atoms with Gasteiger partial charge in [0.2, 0.25) is 0 Å². The molecule has 1 unspecified atom stereocenters. The molecule has 1 aromatic carbocycles. The number of alkyl carbamates (subject to hydrolysis) is 1. The van der Waals surface area contributed by atoms with Crippen LogP contribution >= 0.6 is 0 Å². The van der Waals surface area contributed by atoms with Crippen LogP contribution in [-0.4, -0.2) is 39.6 Å². The molecule has 8 nitrogen and oxygen atoms in total. The van der Waals surface area contributed by atoms with Gasteiger partial charge in [0.1, 0.15) is 5.60 Å². The van der Waals surface area contributed by atoms with Crippen molar-refractivity contribution in [3.8, 4) is 0 Å². The van der Waals surface area contributed by atoms with Crippen LogP contribution in [0, 0.1) is 6.92 Å². The number of hydrogen-bond donors (Lipinski definition) is 3. The normalized spacial score (nSPS) is 12.0. The lowest BCUT2D eigenvalue weighted by atomic mass is 9.99. The molecular weight excluding hydrogens is 398 g/mol. The van der Waals surface area contributed by atoms with E-state index in [0.717, 1.165) is 11.1 Å². The van der Waals surface area contributed by atoms with Crippen molar-refractivity contribution in [2.45, 2.75) is 58.6 Å². The van der Waals surface area contributed by atoms with Gasteiger partial charge in [0.25, 0.3) is 5.91 Å². The molecule has 0 aliphatic rings. The fraction of sp³-hybridized carbons (Fsp3) is 0.391. The zero-order valence-electron chi connectivity index (χ0n) is 18.3. The van der Waals surface area contributed by atoms with E-state index < -0.39 is 23.6 Å². The number of hydroxylamine groups is 1. The largest absolute Gasteiger partial charge is 0.444 e. The van der Waals surface area contributed by atoms with E-state index in [1.807, 2.05) is 19.1 Å². The number of nitrogens with one attached hydrogen (secondary N) is 2. The summed E-state index contributed by atoms with van der Waals surface area (Å²) in [6.07, 6.45) is 1.95. The van der Waals surface area contributed by atoms with Gasteiger partial charge in [0, 0.05) is 30.3 Å². The fourth-order valence-electron chi connectivity index (χ4n) is 2.85. The van der Waals surface area contributed by atoms with Crippen LogP contribution in [-0.2, 0) is 22.4 Å². The van der Waals surface area contributed by atoms with Gasteiger partial charge in [0.15, 0.2) is 5.78 Å². The van der Waals surface area contributed by atoms with Crippen molar-refractivity contribution in [2.75, 3.05) is 0 Å². The van der Waals surface area contributed by atoms with Crippen LogP contribution < -0.4 is 10.8 Å². The first kappa shape index (κ1) is 24.0. The summed E-state index contributed by atoms with van der Waals surface area (Å²) in [5.41, 5.74) is 3.76. The predicted molar refractivity (Wildman–Crippen MR) is 115 cm³/mol. The number of aryl methyl sites for hydroxylation is 2. The molecule has 8 heteroatoms. The summed E-state index contributed by atoms with van der Waals surface area (Å²) in [6.45, 7) is 7.19. The van der Waals surface area contributed by atoms with Crippen LogP contribution in [0.5, 0.6) is 0 Å². The number of benzene rings is 1. The summed E-state index contributed by atoms with van der Waals surface area (Å²) in [6, 6.07) is 9.53. The predicted octanol–water partition coefficient (Wildman–Crippen LogP) is 3.15. The summed E-state index contributed by atoms with van der Waals surface area (Å²) in [7, 11) is 0. The minimum atomic E-state index is -0.774. The summed E-state index contributed by atoms with van der Waals surface area (Å²) in [5, 5.41) is 11.4. The summed E-state index contributed by atoms with van der Waals surface area (Å²) >= 11 is 0. The number of amides is 2. The third-order valence-electron chi connectivity index (χ3n) is 4.44. The highest BCUT2D eigenvalue weighted by molar-refractivity contribution is 5.93. The number of carbonyl (C=O) groups excluding carboxylic acids is 3. The van der Waals surface area contributed by atoms with Gasteiger partial charge >= 0.3 is 6.09 Å². The molecule has 1 aromatic heterocycles. The number of nitrogens with zero attached hydrogens (tertiary/aromatic N) is 1. The third-order valence-corrected chi connectivity index (χ3v) is 4.44. The Morgan fingerprint density at radius 2 is 1.77 bits per heavy atom. The second-order valence-electron chi connectivity index (χ2n) is 8.33. The number of carbonyl (C=O) groups is 3. The molecule has 0 fully saturated rings. The highest BCUT2D eigenvalue weighted by Crippen LogP contribution is 2.12. The lowest BCUT2D eigenvalue weighted by molar-refractivity contribution is -0.121. The van der Waals surface area contributed by atoms with E-state index in [-0.39, 0.29) is 18.6 Å². The molecule has 2 rings (SSSR count). The SMILES string of the molecule is Cc1ccc(CC(NC(=O)OC(C)(C)C)C(=O)CCc2ccc(C(=O)NO)cc2)nc1. The number of aromatic nitrogens is 1. The van der Waals surface area contributed by atoms with E-state index in [2.05, 4.69) is 10.3 Å². The van der Waals surface area contributed by atoms with Gasteiger partial charge in [-0.25, -0.2) is 10.3 Å². The lowest BCUT2D eigenvalue weighted by Crippen LogP contribution is -2.45. The van der Waals surface area contributed by atoms with Crippen molar-refractivity contribution >= 4 is 17.8 Å². The van der Waals surface area contributed by atoms with Gasteiger partial charge in [-0.3, -0.25) is 19.8 Å². The Morgan fingerprint density at radius 1 is 1.10 bits per heavy atom. The summed E-state index contributed by atoms with van der Waals surface area (Å²) < 4.78 is 5.30.